The fraction of sp³-hybridized carbons (Fsp3) is 0.355. The number of halogens is 3. The highest BCUT2D eigenvalue weighted by molar-refractivity contribution is 9.10. The number of carbonyl (C=O) groups excluding carboxylic acids is 2. The first-order valence-corrected chi connectivity index (χ1v) is 16.8. The molecule has 1 aliphatic carbocycles. The number of hydrogen-bond donors (Lipinski definition) is 1. The number of amides is 2. The van der Waals surface area contributed by atoms with Crippen molar-refractivity contribution in [3.63, 3.8) is 0 Å². The van der Waals surface area contributed by atoms with Gasteiger partial charge in [-0.3, -0.25) is 13.9 Å². The third-order valence-electron chi connectivity index (χ3n) is 7.38. The molecule has 1 N–H and O–H groups in total. The second-order valence-corrected chi connectivity index (χ2v) is 14.3. The maximum atomic E-state index is 14.1. The van der Waals surface area contributed by atoms with Crippen LogP contribution >= 0.6 is 39.1 Å². The van der Waals surface area contributed by atoms with Crippen molar-refractivity contribution in [3.05, 3.63) is 92.4 Å². The number of sulfonamides is 1. The van der Waals surface area contributed by atoms with Gasteiger partial charge in [0.15, 0.2) is 0 Å². The minimum atomic E-state index is -4.22. The Bertz CT molecular complexity index is 1510. The van der Waals surface area contributed by atoms with Gasteiger partial charge in [-0.15, -0.1) is 0 Å². The summed E-state index contributed by atoms with van der Waals surface area (Å²) in [6.07, 6.45) is 5.04. The Labute approximate surface area is 266 Å². The maximum absolute atomic E-state index is 14.1. The standard InChI is InChI=1S/C31H34BrCl2N3O4S/c1-21-11-13-29(14-12-21)42(40,41)37(28-17-25(33)16-26(34)18-28)20-30(38)36(19-23-7-6-8-24(32)15-23)22(2)31(39)35-27-9-4-3-5-10-27/h6-8,11-18,22,27H,3-5,9-10,19-20H2,1-2H3,(H,35,39)/t22-/m1/s1. The molecule has 3 aromatic carbocycles. The summed E-state index contributed by atoms with van der Waals surface area (Å²) < 4.78 is 29.8. The normalized spacial score (nSPS) is 14.7. The number of carbonyl (C=O) groups is 2. The molecule has 0 aromatic heterocycles. The molecule has 224 valence electrons. The number of hydrogen-bond acceptors (Lipinski definition) is 4. The summed E-state index contributed by atoms with van der Waals surface area (Å²) in [6, 6.07) is 17.4. The van der Waals surface area contributed by atoms with Crippen LogP contribution in [0.1, 0.15) is 50.2 Å². The molecule has 11 heteroatoms. The summed E-state index contributed by atoms with van der Waals surface area (Å²) >= 11 is 16.0. The number of benzene rings is 3. The summed E-state index contributed by atoms with van der Waals surface area (Å²) in [5.41, 5.74) is 1.82. The van der Waals surface area contributed by atoms with E-state index in [4.69, 9.17) is 23.2 Å². The van der Waals surface area contributed by atoms with Crippen molar-refractivity contribution in [2.24, 2.45) is 0 Å². The second-order valence-electron chi connectivity index (χ2n) is 10.6. The topological polar surface area (TPSA) is 86.8 Å². The highest BCUT2D eigenvalue weighted by Gasteiger charge is 2.33. The van der Waals surface area contributed by atoms with Crippen molar-refractivity contribution in [2.75, 3.05) is 10.8 Å². The first kappa shape index (κ1) is 32.3. The van der Waals surface area contributed by atoms with Crippen LogP contribution in [0.2, 0.25) is 10.0 Å². The summed E-state index contributed by atoms with van der Waals surface area (Å²) in [5.74, 6) is -0.822. The van der Waals surface area contributed by atoms with Gasteiger partial charge in [-0.2, -0.15) is 0 Å². The summed E-state index contributed by atoms with van der Waals surface area (Å²) in [6.45, 7) is 3.06. The number of nitrogens with zero attached hydrogens (tertiary/aromatic N) is 2. The van der Waals surface area contributed by atoms with Crippen molar-refractivity contribution >= 4 is 66.7 Å². The van der Waals surface area contributed by atoms with Gasteiger partial charge < -0.3 is 10.2 Å². The minimum Gasteiger partial charge on any atom is -0.352 e. The molecule has 4 rings (SSSR count). The quantitative estimate of drug-likeness (QED) is 0.245. The van der Waals surface area contributed by atoms with Crippen LogP contribution in [-0.2, 0) is 26.2 Å². The van der Waals surface area contributed by atoms with Crippen LogP contribution in [0.4, 0.5) is 5.69 Å². The third kappa shape index (κ3) is 8.28. The summed E-state index contributed by atoms with van der Waals surface area (Å²) in [5, 5.41) is 3.55. The first-order valence-electron chi connectivity index (χ1n) is 13.8. The zero-order valence-corrected chi connectivity index (χ0v) is 27.4. The third-order valence-corrected chi connectivity index (χ3v) is 10.1. The fourth-order valence-electron chi connectivity index (χ4n) is 5.03. The lowest BCUT2D eigenvalue weighted by Gasteiger charge is -2.33. The lowest BCUT2D eigenvalue weighted by atomic mass is 9.95. The summed E-state index contributed by atoms with van der Waals surface area (Å²) in [4.78, 5) is 29.0. The average molecular weight is 696 g/mol. The molecule has 0 unspecified atom stereocenters. The summed E-state index contributed by atoms with van der Waals surface area (Å²) in [7, 11) is -4.22. The number of rotatable bonds is 10. The Morgan fingerprint density at radius 1 is 0.976 bits per heavy atom. The van der Waals surface area contributed by atoms with Gasteiger partial charge in [-0.1, -0.05) is 88.2 Å². The molecule has 2 amide bonds. The van der Waals surface area contributed by atoms with Gasteiger partial charge >= 0.3 is 0 Å². The predicted molar refractivity (Wildman–Crippen MR) is 171 cm³/mol. The Hall–Kier alpha value is -2.59. The molecule has 42 heavy (non-hydrogen) atoms. The lowest BCUT2D eigenvalue weighted by molar-refractivity contribution is -0.139. The van der Waals surface area contributed by atoms with Gasteiger partial charge in [0.1, 0.15) is 12.6 Å². The SMILES string of the molecule is Cc1ccc(S(=O)(=O)N(CC(=O)N(Cc2cccc(Br)c2)[C@H](C)C(=O)NC2CCCCC2)c2cc(Cl)cc(Cl)c2)cc1. The van der Waals surface area contributed by atoms with Gasteiger partial charge in [-0.25, -0.2) is 8.42 Å². The van der Waals surface area contributed by atoms with Crippen LogP contribution in [0.5, 0.6) is 0 Å². The van der Waals surface area contributed by atoms with Crippen LogP contribution < -0.4 is 9.62 Å². The molecule has 0 saturated heterocycles. The van der Waals surface area contributed by atoms with Gasteiger partial charge in [0.25, 0.3) is 10.0 Å². The Balaban J connectivity index is 1.70. The molecule has 0 bridgehead atoms. The van der Waals surface area contributed by atoms with Crippen LogP contribution in [-0.4, -0.2) is 43.8 Å². The highest BCUT2D eigenvalue weighted by Crippen LogP contribution is 2.30. The van der Waals surface area contributed by atoms with Crippen LogP contribution in [0.15, 0.2) is 76.1 Å². The fourth-order valence-corrected chi connectivity index (χ4v) is 7.39. The molecule has 7 nitrogen and oxygen atoms in total. The van der Waals surface area contributed by atoms with Crippen LogP contribution in [0.3, 0.4) is 0 Å². The molecule has 0 radical (unpaired) electrons. The molecule has 1 saturated carbocycles. The van der Waals surface area contributed by atoms with E-state index in [9.17, 15) is 18.0 Å². The van der Waals surface area contributed by atoms with E-state index in [1.807, 2.05) is 31.2 Å². The monoisotopic (exact) mass is 693 g/mol. The number of nitrogens with one attached hydrogen (secondary N) is 1. The molecule has 1 atom stereocenters. The van der Waals surface area contributed by atoms with Crippen LogP contribution in [0, 0.1) is 6.92 Å². The lowest BCUT2D eigenvalue weighted by Crippen LogP contribution is -2.53. The molecular weight excluding hydrogens is 661 g/mol. The van der Waals surface area contributed by atoms with Gasteiger partial charge in [0, 0.05) is 27.1 Å². The molecule has 0 aliphatic heterocycles. The number of anilines is 1. The van der Waals surface area contributed by atoms with Crippen molar-refractivity contribution in [1.29, 1.82) is 0 Å². The van der Waals surface area contributed by atoms with E-state index in [0.29, 0.717) is 0 Å². The van der Waals surface area contributed by atoms with E-state index in [-0.39, 0.29) is 39.1 Å². The van der Waals surface area contributed by atoms with Gasteiger partial charge in [-0.05, 0) is 74.7 Å². The van der Waals surface area contributed by atoms with Crippen molar-refractivity contribution in [3.8, 4) is 0 Å². The van der Waals surface area contributed by atoms with Crippen molar-refractivity contribution < 1.29 is 18.0 Å². The van der Waals surface area contributed by atoms with Crippen molar-refractivity contribution in [1.82, 2.24) is 10.2 Å². The van der Waals surface area contributed by atoms with E-state index < -0.39 is 28.5 Å². The molecule has 1 fully saturated rings. The van der Waals surface area contributed by atoms with Gasteiger partial charge in [0.2, 0.25) is 11.8 Å². The average Bonchev–Trinajstić information content (AvgIpc) is 2.94. The largest absolute Gasteiger partial charge is 0.352 e. The number of aryl methyl sites for hydroxylation is 1. The Kier molecular flexibility index (Phi) is 11.0. The van der Waals surface area contributed by atoms with Gasteiger partial charge in [0.05, 0.1) is 10.6 Å². The van der Waals surface area contributed by atoms with Crippen molar-refractivity contribution in [2.45, 2.75) is 69.5 Å². The minimum absolute atomic E-state index is 0.0126. The zero-order chi connectivity index (χ0) is 30.4. The zero-order valence-electron chi connectivity index (χ0n) is 23.5. The molecule has 0 heterocycles. The van der Waals surface area contributed by atoms with E-state index in [1.165, 1.54) is 35.2 Å². The first-order chi connectivity index (χ1) is 19.9. The second kappa shape index (κ2) is 14.3. The van der Waals surface area contributed by atoms with E-state index >= 15 is 0 Å². The van der Waals surface area contributed by atoms with E-state index in [2.05, 4.69) is 21.2 Å². The Morgan fingerprint density at radius 3 is 2.24 bits per heavy atom. The molecular formula is C31H34BrCl2N3O4S. The van der Waals surface area contributed by atoms with Crippen LogP contribution in [0.25, 0.3) is 0 Å². The Morgan fingerprint density at radius 2 is 1.62 bits per heavy atom. The molecule has 1 aliphatic rings. The maximum Gasteiger partial charge on any atom is 0.264 e. The molecule has 0 spiro atoms. The predicted octanol–water partition coefficient (Wildman–Crippen LogP) is 7.13. The van der Waals surface area contributed by atoms with E-state index in [0.717, 1.165) is 52.0 Å². The smallest absolute Gasteiger partial charge is 0.264 e. The molecule has 3 aromatic rings. The highest BCUT2D eigenvalue weighted by atomic mass is 79.9. The van der Waals surface area contributed by atoms with E-state index in [1.54, 1.807) is 19.1 Å².